The first-order valence-corrected chi connectivity index (χ1v) is 5.55. The molecule has 0 radical (unpaired) electrons. The highest BCUT2D eigenvalue weighted by molar-refractivity contribution is 8.14. The van der Waals surface area contributed by atoms with Crippen molar-refractivity contribution in [1.82, 2.24) is 0 Å². The molecule has 0 amide bonds. The van der Waals surface area contributed by atoms with Crippen molar-refractivity contribution in [3.05, 3.63) is 29.0 Å². The van der Waals surface area contributed by atoms with Crippen LogP contribution in [0.4, 0.5) is 4.39 Å². The third kappa shape index (κ3) is 2.08. The van der Waals surface area contributed by atoms with Gasteiger partial charge in [0.15, 0.2) is 0 Å². The molecule has 3 heteroatoms. The normalized spacial score (nSPS) is 12.9. The van der Waals surface area contributed by atoms with Gasteiger partial charge in [-0.2, -0.15) is 10.5 Å². The summed E-state index contributed by atoms with van der Waals surface area (Å²) in [6.07, 6.45) is 0. The van der Waals surface area contributed by atoms with Gasteiger partial charge in [-0.15, -0.1) is 0 Å². The first-order chi connectivity index (χ1) is 5.65. The Balaban J connectivity index is 3.05. The molecule has 0 aliphatic rings. The molecule has 0 spiro atoms. The molecule has 0 N–H and O–H groups in total. The summed E-state index contributed by atoms with van der Waals surface area (Å²) in [7, 11) is -0.0600. The Kier molecular flexibility index (Phi) is 3.29. The highest BCUT2D eigenvalue weighted by Crippen LogP contribution is 2.27. The van der Waals surface area contributed by atoms with Crippen molar-refractivity contribution in [2.75, 3.05) is 5.75 Å². The highest BCUT2D eigenvalue weighted by Gasteiger charge is 2.01. The Morgan fingerprint density at radius 2 is 2.25 bits per heavy atom. The molecule has 0 bridgehead atoms. The summed E-state index contributed by atoms with van der Waals surface area (Å²) in [5, 5.41) is 0.183. The van der Waals surface area contributed by atoms with Crippen molar-refractivity contribution >= 4 is 28.0 Å². The van der Waals surface area contributed by atoms with Gasteiger partial charge in [0, 0.05) is 4.90 Å². The quantitative estimate of drug-likeness (QED) is 0.647. The molecule has 0 aliphatic heterocycles. The van der Waals surface area contributed by atoms with Gasteiger partial charge in [-0.3, -0.25) is 0 Å². The Morgan fingerprint density at radius 3 is 2.75 bits per heavy atom. The Hall–Kier alpha value is -0.340. The van der Waals surface area contributed by atoms with Gasteiger partial charge in [0.25, 0.3) is 0 Å². The Morgan fingerprint density at radius 1 is 1.58 bits per heavy atom. The number of benzene rings is 1. The SMILES string of the molecule is C=S(CC)c1ccc(F)c(Cl)c1. The largest absolute Gasteiger partial charge is 0.205 e. The van der Waals surface area contributed by atoms with E-state index in [-0.39, 0.29) is 21.3 Å². The maximum atomic E-state index is 12.7. The van der Waals surface area contributed by atoms with Crippen molar-refractivity contribution in [3.63, 3.8) is 0 Å². The van der Waals surface area contributed by atoms with Gasteiger partial charge in [-0.25, -0.2) is 4.39 Å². The average Bonchev–Trinajstić information content (AvgIpc) is 2.08. The van der Waals surface area contributed by atoms with Crippen LogP contribution in [-0.4, -0.2) is 11.6 Å². The van der Waals surface area contributed by atoms with Crippen LogP contribution in [0.25, 0.3) is 0 Å². The zero-order valence-electron chi connectivity index (χ0n) is 6.81. The van der Waals surface area contributed by atoms with Crippen molar-refractivity contribution in [2.45, 2.75) is 11.8 Å². The molecular formula is C9H10ClFS. The van der Waals surface area contributed by atoms with Crippen LogP contribution in [0.3, 0.4) is 0 Å². The van der Waals surface area contributed by atoms with E-state index in [0.717, 1.165) is 10.6 Å². The van der Waals surface area contributed by atoms with Gasteiger partial charge in [-0.05, 0) is 24.0 Å². The van der Waals surface area contributed by atoms with E-state index in [2.05, 4.69) is 5.87 Å². The third-order valence-electron chi connectivity index (χ3n) is 1.57. The topological polar surface area (TPSA) is 0 Å². The molecule has 1 aromatic rings. The van der Waals surface area contributed by atoms with Gasteiger partial charge < -0.3 is 0 Å². The summed E-state index contributed by atoms with van der Waals surface area (Å²) in [5.74, 6) is 4.54. The Labute approximate surface area is 79.3 Å². The molecule has 0 aromatic heterocycles. The second-order valence-electron chi connectivity index (χ2n) is 2.36. The van der Waals surface area contributed by atoms with Crippen molar-refractivity contribution < 1.29 is 4.39 Å². The van der Waals surface area contributed by atoms with Crippen LogP contribution in [0.5, 0.6) is 0 Å². The van der Waals surface area contributed by atoms with E-state index < -0.39 is 0 Å². The van der Waals surface area contributed by atoms with Gasteiger partial charge >= 0.3 is 0 Å². The van der Waals surface area contributed by atoms with Gasteiger partial charge in [0.1, 0.15) is 5.82 Å². The molecule has 0 aliphatic carbocycles. The van der Waals surface area contributed by atoms with E-state index in [1.807, 2.05) is 6.92 Å². The average molecular weight is 205 g/mol. The lowest BCUT2D eigenvalue weighted by Crippen LogP contribution is -1.81. The van der Waals surface area contributed by atoms with E-state index in [1.165, 1.54) is 6.07 Å². The zero-order valence-corrected chi connectivity index (χ0v) is 8.38. The van der Waals surface area contributed by atoms with Crippen LogP contribution in [0.2, 0.25) is 5.02 Å². The van der Waals surface area contributed by atoms with E-state index in [9.17, 15) is 4.39 Å². The lowest BCUT2D eigenvalue weighted by molar-refractivity contribution is 0.627. The van der Waals surface area contributed by atoms with Crippen LogP contribution in [0.15, 0.2) is 23.1 Å². The van der Waals surface area contributed by atoms with Crippen LogP contribution in [0.1, 0.15) is 6.92 Å². The molecule has 0 heterocycles. The predicted molar refractivity (Wildman–Crippen MR) is 54.9 cm³/mol. The highest BCUT2D eigenvalue weighted by atomic mass is 35.5. The summed E-state index contributed by atoms with van der Waals surface area (Å²) in [6, 6.07) is 4.77. The molecular weight excluding hydrogens is 195 g/mol. The lowest BCUT2D eigenvalue weighted by atomic mass is 10.3. The summed E-state index contributed by atoms with van der Waals surface area (Å²) in [6.45, 7) is 2.05. The Bertz CT molecular complexity index is 309. The molecule has 0 fully saturated rings. The minimum Gasteiger partial charge on any atom is -0.205 e. The van der Waals surface area contributed by atoms with Crippen LogP contribution >= 0.6 is 22.1 Å². The number of halogens is 2. The number of hydrogen-bond donors (Lipinski definition) is 0. The number of rotatable bonds is 2. The fraction of sp³-hybridized carbons (Fsp3) is 0.222. The monoisotopic (exact) mass is 204 g/mol. The van der Waals surface area contributed by atoms with Gasteiger partial charge in [0.05, 0.1) is 5.02 Å². The van der Waals surface area contributed by atoms with Gasteiger partial charge in [-0.1, -0.05) is 24.4 Å². The molecule has 0 nitrogen and oxygen atoms in total. The molecule has 1 unspecified atom stereocenters. The maximum absolute atomic E-state index is 12.7. The summed E-state index contributed by atoms with van der Waals surface area (Å²) < 4.78 is 12.7. The smallest absolute Gasteiger partial charge is 0.141 e. The first kappa shape index (κ1) is 9.75. The van der Waals surface area contributed by atoms with E-state index >= 15 is 0 Å². The fourth-order valence-corrected chi connectivity index (χ4v) is 1.95. The molecule has 0 saturated heterocycles. The second-order valence-corrected chi connectivity index (χ2v) is 4.80. The standard InChI is InChI=1S/C9H10ClFS/c1-3-12(2)7-4-5-9(11)8(10)6-7/h4-6H,2-3H2,1H3. The van der Waals surface area contributed by atoms with Crippen LogP contribution < -0.4 is 0 Å². The number of hydrogen-bond acceptors (Lipinski definition) is 0. The van der Waals surface area contributed by atoms with E-state index in [4.69, 9.17) is 11.6 Å². The zero-order chi connectivity index (χ0) is 9.14. The second kappa shape index (κ2) is 4.06. The van der Waals surface area contributed by atoms with Crippen LogP contribution in [-0.2, 0) is 0 Å². The maximum Gasteiger partial charge on any atom is 0.141 e. The molecule has 1 rings (SSSR count). The van der Waals surface area contributed by atoms with Crippen LogP contribution in [0, 0.1) is 5.82 Å². The molecule has 0 saturated carbocycles. The molecule has 66 valence electrons. The first-order valence-electron chi connectivity index (χ1n) is 3.60. The van der Waals surface area contributed by atoms with Crippen molar-refractivity contribution in [1.29, 1.82) is 0 Å². The van der Waals surface area contributed by atoms with E-state index in [0.29, 0.717) is 0 Å². The summed E-state index contributed by atoms with van der Waals surface area (Å²) in [4.78, 5) is 1.02. The fourth-order valence-electron chi connectivity index (χ4n) is 0.823. The molecule has 12 heavy (non-hydrogen) atoms. The third-order valence-corrected chi connectivity index (χ3v) is 3.48. The van der Waals surface area contributed by atoms with Gasteiger partial charge in [0.2, 0.25) is 0 Å². The lowest BCUT2D eigenvalue weighted by Gasteiger charge is -2.04. The minimum absolute atomic E-state index is 0.0600. The summed E-state index contributed by atoms with van der Waals surface area (Å²) >= 11 is 5.62. The minimum atomic E-state index is -0.367. The summed E-state index contributed by atoms with van der Waals surface area (Å²) in [5.41, 5.74) is 0. The van der Waals surface area contributed by atoms with Crippen molar-refractivity contribution in [2.24, 2.45) is 0 Å². The molecule has 1 atom stereocenters. The predicted octanol–water partition coefficient (Wildman–Crippen LogP) is 3.56. The van der Waals surface area contributed by atoms with E-state index in [1.54, 1.807) is 12.1 Å². The van der Waals surface area contributed by atoms with Crippen molar-refractivity contribution in [3.8, 4) is 0 Å². The molecule has 1 aromatic carbocycles.